The van der Waals surface area contributed by atoms with E-state index in [9.17, 15) is 13.6 Å². The van der Waals surface area contributed by atoms with Crippen molar-refractivity contribution in [1.29, 1.82) is 0 Å². The highest BCUT2D eigenvalue weighted by Gasteiger charge is 2.50. The zero-order valence-corrected chi connectivity index (χ0v) is 12.7. The maximum atomic E-state index is 13.9. The second kappa shape index (κ2) is 4.86. The Morgan fingerprint density at radius 3 is 2.48 bits per heavy atom. The number of carbonyl (C=O) groups is 1. The largest absolute Gasteiger partial charge is 0.491 e. The number of anilines is 1. The molecular weight excluding hydrogens is 278 g/mol. The van der Waals surface area contributed by atoms with Gasteiger partial charge < -0.3 is 15.4 Å². The van der Waals surface area contributed by atoms with E-state index in [-0.39, 0.29) is 11.2 Å². The first-order chi connectivity index (χ1) is 9.62. The molecule has 1 heterocycles. The molecule has 1 saturated heterocycles. The maximum absolute atomic E-state index is 13.9. The van der Waals surface area contributed by atoms with Gasteiger partial charge in [-0.15, -0.1) is 0 Å². The van der Waals surface area contributed by atoms with Crippen LogP contribution in [0.3, 0.4) is 0 Å². The molecule has 1 aromatic rings. The van der Waals surface area contributed by atoms with Crippen LogP contribution in [-0.2, 0) is 4.79 Å². The van der Waals surface area contributed by atoms with Crippen molar-refractivity contribution < 1.29 is 18.3 Å². The molecule has 1 amide bonds. The van der Waals surface area contributed by atoms with E-state index in [1.54, 1.807) is 11.8 Å². The molecule has 0 aromatic heterocycles. The van der Waals surface area contributed by atoms with Crippen LogP contribution in [0.25, 0.3) is 0 Å². The lowest BCUT2D eigenvalue weighted by Crippen LogP contribution is -2.51. The van der Waals surface area contributed by atoms with E-state index in [1.807, 2.05) is 13.8 Å². The Morgan fingerprint density at radius 2 is 1.95 bits per heavy atom. The van der Waals surface area contributed by atoms with E-state index in [0.717, 1.165) is 6.07 Å². The number of carbonyl (C=O) groups excluding carboxylic acids is 1. The summed E-state index contributed by atoms with van der Waals surface area (Å²) >= 11 is 0. The van der Waals surface area contributed by atoms with E-state index in [1.165, 1.54) is 13.2 Å². The molecule has 2 N–H and O–H groups in total. The Kier molecular flexibility index (Phi) is 3.59. The molecule has 1 aliphatic heterocycles. The Bertz CT molecular complexity index is 589. The SMILES string of the molecule is COc1c(N2CC(C)(C)CC2(C)C(N)=O)ccc(F)c1F. The summed E-state index contributed by atoms with van der Waals surface area (Å²) in [6, 6.07) is 2.44. The van der Waals surface area contributed by atoms with Gasteiger partial charge in [-0.3, -0.25) is 4.79 Å². The number of hydrogen-bond acceptors (Lipinski definition) is 3. The van der Waals surface area contributed by atoms with E-state index in [2.05, 4.69) is 0 Å². The summed E-state index contributed by atoms with van der Waals surface area (Å²) in [5.41, 5.74) is 4.74. The third-order valence-electron chi connectivity index (χ3n) is 4.06. The van der Waals surface area contributed by atoms with Crippen molar-refractivity contribution in [2.45, 2.75) is 32.7 Å². The van der Waals surface area contributed by atoms with Crippen molar-refractivity contribution in [1.82, 2.24) is 0 Å². The Hall–Kier alpha value is -1.85. The summed E-state index contributed by atoms with van der Waals surface area (Å²) in [7, 11) is 1.27. The minimum atomic E-state index is -1.06. The molecule has 1 aliphatic rings. The fraction of sp³-hybridized carbons (Fsp3) is 0.533. The molecule has 1 fully saturated rings. The van der Waals surface area contributed by atoms with Gasteiger partial charge in [0.1, 0.15) is 5.54 Å². The number of methoxy groups -OCH3 is 1. The quantitative estimate of drug-likeness (QED) is 0.932. The van der Waals surface area contributed by atoms with Gasteiger partial charge in [-0.2, -0.15) is 4.39 Å². The number of benzene rings is 1. The zero-order valence-electron chi connectivity index (χ0n) is 12.7. The van der Waals surface area contributed by atoms with Crippen LogP contribution in [0.4, 0.5) is 14.5 Å². The third-order valence-corrected chi connectivity index (χ3v) is 4.06. The molecule has 2 rings (SSSR count). The minimum absolute atomic E-state index is 0.181. The first kappa shape index (κ1) is 15.5. The fourth-order valence-electron chi connectivity index (χ4n) is 3.19. The summed E-state index contributed by atoms with van der Waals surface area (Å²) < 4.78 is 32.3. The maximum Gasteiger partial charge on any atom is 0.243 e. The van der Waals surface area contributed by atoms with Crippen molar-refractivity contribution in [2.75, 3.05) is 18.6 Å². The smallest absolute Gasteiger partial charge is 0.243 e. The summed E-state index contributed by atoms with van der Waals surface area (Å²) in [6.45, 7) is 6.21. The number of ether oxygens (including phenoxy) is 1. The van der Waals surface area contributed by atoms with Crippen molar-refractivity contribution in [3.05, 3.63) is 23.8 Å². The molecule has 0 aliphatic carbocycles. The average molecular weight is 298 g/mol. The number of nitrogens with two attached hydrogens (primary N) is 1. The second-order valence-corrected chi connectivity index (χ2v) is 6.48. The summed E-state index contributed by atoms with van der Waals surface area (Å²) in [6.07, 6.45) is 0.525. The van der Waals surface area contributed by atoms with Gasteiger partial charge in [-0.1, -0.05) is 13.8 Å². The van der Waals surface area contributed by atoms with Gasteiger partial charge in [0.25, 0.3) is 0 Å². The Balaban J connectivity index is 2.60. The van der Waals surface area contributed by atoms with Gasteiger partial charge in [0, 0.05) is 6.54 Å². The highest BCUT2D eigenvalue weighted by molar-refractivity contribution is 5.89. The zero-order chi connectivity index (χ0) is 16.0. The van der Waals surface area contributed by atoms with E-state index >= 15 is 0 Å². The summed E-state index contributed by atoms with van der Waals surface area (Å²) in [5, 5.41) is 0. The van der Waals surface area contributed by atoms with Gasteiger partial charge >= 0.3 is 0 Å². The van der Waals surface area contributed by atoms with Gasteiger partial charge in [0.15, 0.2) is 11.6 Å². The molecule has 6 heteroatoms. The molecule has 0 radical (unpaired) electrons. The predicted octanol–water partition coefficient (Wildman–Crippen LogP) is 2.45. The molecule has 4 nitrogen and oxygen atoms in total. The lowest BCUT2D eigenvalue weighted by atomic mass is 9.84. The highest BCUT2D eigenvalue weighted by Crippen LogP contribution is 2.46. The highest BCUT2D eigenvalue weighted by atomic mass is 19.2. The van der Waals surface area contributed by atoms with Crippen molar-refractivity contribution in [2.24, 2.45) is 11.1 Å². The van der Waals surface area contributed by atoms with Crippen LogP contribution in [0.2, 0.25) is 0 Å². The van der Waals surface area contributed by atoms with Gasteiger partial charge in [0.05, 0.1) is 12.8 Å². The molecule has 0 saturated carbocycles. The summed E-state index contributed by atoms with van der Waals surface area (Å²) in [5.74, 6) is -2.76. The van der Waals surface area contributed by atoms with Crippen LogP contribution in [-0.4, -0.2) is 25.1 Å². The first-order valence-electron chi connectivity index (χ1n) is 6.72. The van der Waals surface area contributed by atoms with E-state index in [4.69, 9.17) is 10.5 Å². The van der Waals surface area contributed by atoms with Crippen LogP contribution < -0.4 is 15.4 Å². The Morgan fingerprint density at radius 1 is 1.33 bits per heavy atom. The number of nitrogens with zero attached hydrogens (tertiary/aromatic N) is 1. The molecule has 1 aromatic carbocycles. The number of rotatable bonds is 3. The van der Waals surface area contributed by atoms with Crippen molar-refractivity contribution in [3.63, 3.8) is 0 Å². The predicted molar refractivity (Wildman–Crippen MR) is 76.3 cm³/mol. The Labute approximate surface area is 122 Å². The monoisotopic (exact) mass is 298 g/mol. The average Bonchev–Trinajstić information content (AvgIpc) is 2.63. The minimum Gasteiger partial charge on any atom is -0.491 e. The number of primary amides is 1. The van der Waals surface area contributed by atoms with Crippen molar-refractivity contribution >= 4 is 11.6 Å². The van der Waals surface area contributed by atoms with Gasteiger partial charge in [0.2, 0.25) is 11.7 Å². The third kappa shape index (κ3) is 2.43. The number of halogens is 2. The topological polar surface area (TPSA) is 55.6 Å². The van der Waals surface area contributed by atoms with Crippen LogP contribution in [0.15, 0.2) is 12.1 Å². The van der Waals surface area contributed by atoms with Crippen LogP contribution in [0, 0.1) is 17.0 Å². The molecule has 21 heavy (non-hydrogen) atoms. The molecule has 1 unspecified atom stereocenters. The molecule has 0 bridgehead atoms. The van der Waals surface area contributed by atoms with Gasteiger partial charge in [-0.25, -0.2) is 4.39 Å². The fourth-order valence-corrected chi connectivity index (χ4v) is 3.19. The van der Waals surface area contributed by atoms with Crippen LogP contribution in [0.5, 0.6) is 5.75 Å². The van der Waals surface area contributed by atoms with E-state index in [0.29, 0.717) is 18.7 Å². The lowest BCUT2D eigenvalue weighted by molar-refractivity contribution is -0.122. The number of hydrogen-bond donors (Lipinski definition) is 1. The van der Waals surface area contributed by atoms with Gasteiger partial charge in [-0.05, 0) is 30.9 Å². The second-order valence-electron chi connectivity index (χ2n) is 6.48. The lowest BCUT2D eigenvalue weighted by Gasteiger charge is -2.34. The first-order valence-corrected chi connectivity index (χ1v) is 6.72. The molecule has 1 atom stereocenters. The van der Waals surface area contributed by atoms with Crippen LogP contribution in [0.1, 0.15) is 27.2 Å². The number of amides is 1. The molecular formula is C15H20F2N2O2. The standard InChI is InChI=1S/C15H20F2N2O2/c1-14(2)7-15(3,13(18)20)19(8-14)10-6-5-9(16)11(17)12(10)21-4/h5-6H,7-8H2,1-4H3,(H2,18,20). The van der Waals surface area contributed by atoms with Crippen LogP contribution >= 0.6 is 0 Å². The summed E-state index contributed by atoms with van der Waals surface area (Å²) in [4.78, 5) is 13.6. The van der Waals surface area contributed by atoms with Crippen molar-refractivity contribution in [3.8, 4) is 5.75 Å². The normalized spacial score (nSPS) is 24.2. The molecule has 0 spiro atoms. The van der Waals surface area contributed by atoms with E-state index < -0.39 is 23.1 Å². The molecule has 116 valence electrons.